The van der Waals surface area contributed by atoms with E-state index in [1.165, 1.54) is 0 Å². The molecule has 1 heterocycles. The van der Waals surface area contributed by atoms with Crippen LogP contribution in [0.15, 0.2) is 6.07 Å². The number of amides is 1. The van der Waals surface area contributed by atoms with Crippen LogP contribution in [0.25, 0.3) is 0 Å². The van der Waals surface area contributed by atoms with Crippen LogP contribution in [0.1, 0.15) is 34.6 Å². The Morgan fingerprint density at radius 3 is 2.81 bits per heavy atom. The highest BCUT2D eigenvalue weighted by Gasteiger charge is 2.09. The highest BCUT2D eigenvalue weighted by Crippen LogP contribution is 2.05. The van der Waals surface area contributed by atoms with Crippen molar-refractivity contribution in [3.8, 4) is 0 Å². The lowest BCUT2D eigenvalue weighted by Gasteiger charge is -2.06. The number of hydrogen-bond donors (Lipinski definition) is 1. The standard InChI is InChI=1S/C11H16IN3O/c1-8-7-10(9(2)15-14-8)11(16)13-6-4-3-5-12/h7H,3-6H2,1-2H3,(H,13,16). The van der Waals surface area contributed by atoms with Gasteiger partial charge in [-0.15, -0.1) is 0 Å². The first-order chi connectivity index (χ1) is 7.65. The van der Waals surface area contributed by atoms with Gasteiger partial charge in [0.1, 0.15) is 0 Å². The van der Waals surface area contributed by atoms with E-state index in [4.69, 9.17) is 0 Å². The molecule has 0 fully saturated rings. The predicted molar refractivity (Wildman–Crippen MR) is 72.0 cm³/mol. The van der Waals surface area contributed by atoms with E-state index in [-0.39, 0.29) is 5.91 Å². The molecule has 0 saturated carbocycles. The molecule has 0 spiro atoms. The van der Waals surface area contributed by atoms with E-state index >= 15 is 0 Å². The smallest absolute Gasteiger partial charge is 0.253 e. The molecular weight excluding hydrogens is 317 g/mol. The molecule has 4 nitrogen and oxygen atoms in total. The minimum absolute atomic E-state index is 0.0519. The fraction of sp³-hybridized carbons (Fsp3) is 0.545. The molecule has 5 heteroatoms. The fourth-order valence-electron chi connectivity index (χ4n) is 1.30. The van der Waals surface area contributed by atoms with Crippen LogP contribution in [-0.4, -0.2) is 27.1 Å². The van der Waals surface area contributed by atoms with Gasteiger partial charge in [0.25, 0.3) is 5.91 Å². The second kappa shape index (κ2) is 6.78. The van der Waals surface area contributed by atoms with Gasteiger partial charge in [0.15, 0.2) is 0 Å². The van der Waals surface area contributed by atoms with Crippen molar-refractivity contribution in [2.75, 3.05) is 11.0 Å². The van der Waals surface area contributed by atoms with Crippen LogP contribution in [0.2, 0.25) is 0 Å². The number of nitrogens with zero attached hydrogens (tertiary/aromatic N) is 2. The molecule has 1 amide bonds. The minimum atomic E-state index is -0.0519. The van der Waals surface area contributed by atoms with Crippen LogP contribution >= 0.6 is 22.6 Å². The Morgan fingerprint density at radius 2 is 2.12 bits per heavy atom. The SMILES string of the molecule is Cc1cc(C(=O)NCCCCI)c(C)nn1. The van der Waals surface area contributed by atoms with Gasteiger partial charge in [0.05, 0.1) is 17.0 Å². The number of aromatic nitrogens is 2. The third-order valence-electron chi connectivity index (χ3n) is 2.19. The van der Waals surface area contributed by atoms with Gasteiger partial charge in [-0.25, -0.2) is 0 Å². The first-order valence-corrected chi connectivity index (χ1v) is 6.83. The molecule has 1 aromatic rings. The van der Waals surface area contributed by atoms with Crippen LogP contribution in [0.3, 0.4) is 0 Å². The highest BCUT2D eigenvalue weighted by atomic mass is 127. The van der Waals surface area contributed by atoms with E-state index in [0.717, 1.165) is 29.5 Å². The summed E-state index contributed by atoms with van der Waals surface area (Å²) in [7, 11) is 0. The molecule has 1 rings (SSSR count). The number of unbranched alkanes of at least 4 members (excludes halogenated alkanes) is 1. The number of nitrogens with one attached hydrogen (secondary N) is 1. The normalized spacial score (nSPS) is 10.2. The Hall–Kier alpha value is -0.720. The average molecular weight is 333 g/mol. The molecule has 1 aromatic heterocycles. The van der Waals surface area contributed by atoms with E-state index in [1.54, 1.807) is 13.0 Å². The lowest BCUT2D eigenvalue weighted by molar-refractivity contribution is 0.0952. The zero-order valence-electron chi connectivity index (χ0n) is 9.59. The maximum Gasteiger partial charge on any atom is 0.253 e. The van der Waals surface area contributed by atoms with Gasteiger partial charge < -0.3 is 5.32 Å². The fourth-order valence-corrected chi connectivity index (χ4v) is 1.84. The average Bonchev–Trinajstić information content (AvgIpc) is 2.27. The summed E-state index contributed by atoms with van der Waals surface area (Å²) in [6.07, 6.45) is 2.15. The van der Waals surface area contributed by atoms with Crippen molar-refractivity contribution in [2.24, 2.45) is 0 Å². The zero-order chi connectivity index (χ0) is 12.0. The van der Waals surface area contributed by atoms with Gasteiger partial charge in [0.2, 0.25) is 0 Å². The Labute approximate surface area is 109 Å². The van der Waals surface area contributed by atoms with E-state index in [1.807, 2.05) is 6.92 Å². The van der Waals surface area contributed by atoms with Crippen molar-refractivity contribution >= 4 is 28.5 Å². The summed E-state index contributed by atoms with van der Waals surface area (Å²) in [4.78, 5) is 11.8. The lowest BCUT2D eigenvalue weighted by Crippen LogP contribution is -2.25. The monoisotopic (exact) mass is 333 g/mol. The maximum atomic E-state index is 11.8. The molecule has 0 unspecified atom stereocenters. The van der Waals surface area contributed by atoms with Gasteiger partial charge in [-0.1, -0.05) is 22.6 Å². The summed E-state index contributed by atoms with van der Waals surface area (Å²) in [5, 5.41) is 10.7. The molecule has 1 N–H and O–H groups in total. The molecule has 0 aliphatic heterocycles. The van der Waals surface area contributed by atoms with Crippen molar-refractivity contribution in [3.05, 3.63) is 23.0 Å². The summed E-state index contributed by atoms with van der Waals surface area (Å²) in [5.41, 5.74) is 2.07. The van der Waals surface area contributed by atoms with Gasteiger partial charge in [-0.3, -0.25) is 4.79 Å². The van der Waals surface area contributed by atoms with Crippen LogP contribution < -0.4 is 5.32 Å². The van der Waals surface area contributed by atoms with Gasteiger partial charge in [0, 0.05) is 6.54 Å². The Balaban J connectivity index is 2.55. The second-order valence-electron chi connectivity index (χ2n) is 3.64. The van der Waals surface area contributed by atoms with Crippen LogP contribution in [0.5, 0.6) is 0 Å². The molecule has 0 bridgehead atoms. The Bertz CT molecular complexity index is 368. The number of halogens is 1. The van der Waals surface area contributed by atoms with Gasteiger partial charge in [-0.2, -0.15) is 10.2 Å². The number of rotatable bonds is 5. The van der Waals surface area contributed by atoms with Crippen LogP contribution in [-0.2, 0) is 0 Å². The summed E-state index contributed by atoms with van der Waals surface area (Å²) < 4.78 is 1.13. The van der Waals surface area contributed by atoms with Crippen molar-refractivity contribution in [3.63, 3.8) is 0 Å². The minimum Gasteiger partial charge on any atom is -0.352 e. The van der Waals surface area contributed by atoms with Gasteiger partial charge >= 0.3 is 0 Å². The summed E-state index contributed by atoms with van der Waals surface area (Å²) in [6, 6.07) is 1.77. The third kappa shape index (κ3) is 4.03. The Kier molecular flexibility index (Phi) is 5.65. The molecule has 0 aliphatic rings. The molecule has 0 aromatic carbocycles. The summed E-state index contributed by atoms with van der Waals surface area (Å²) in [6.45, 7) is 4.36. The lowest BCUT2D eigenvalue weighted by atomic mass is 10.2. The first-order valence-electron chi connectivity index (χ1n) is 5.30. The van der Waals surface area contributed by atoms with E-state index in [9.17, 15) is 4.79 Å². The number of carbonyl (C=O) groups excluding carboxylic acids is 1. The second-order valence-corrected chi connectivity index (χ2v) is 4.72. The topological polar surface area (TPSA) is 54.9 Å². The maximum absolute atomic E-state index is 11.8. The van der Waals surface area contributed by atoms with Crippen LogP contribution in [0.4, 0.5) is 0 Å². The number of aryl methyl sites for hydroxylation is 2. The summed E-state index contributed by atoms with van der Waals surface area (Å²) in [5.74, 6) is -0.0519. The molecule has 0 radical (unpaired) electrons. The van der Waals surface area contributed by atoms with E-state index in [2.05, 4.69) is 38.1 Å². The molecule has 0 saturated heterocycles. The molecule has 16 heavy (non-hydrogen) atoms. The largest absolute Gasteiger partial charge is 0.352 e. The molecule has 0 aliphatic carbocycles. The van der Waals surface area contributed by atoms with Gasteiger partial charge in [-0.05, 0) is 37.2 Å². The predicted octanol–water partition coefficient (Wildman–Crippen LogP) is 2.04. The summed E-state index contributed by atoms with van der Waals surface area (Å²) >= 11 is 2.33. The van der Waals surface area contributed by atoms with Crippen molar-refractivity contribution in [2.45, 2.75) is 26.7 Å². The van der Waals surface area contributed by atoms with Crippen molar-refractivity contribution < 1.29 is 4.79 Å². The Morgan fingerprint density at radius 1 is 1.38 bits per heavy atom. The highest BCUT2D eigenvalue weighted by molar-refractivity contribution is 14.1. The van der Waals surface area contributed by atoms with Crippen molar-refractivity contribution in [1.82, 2.24) is 15.5 Å². The molecule has 88 valence electrons. The molecular formula is C11H16IN3O. The number of hydrogen-bond acceptors (Lipinski definition) is 3. The van der Waals surface area contributed by atoms with E-state index in [0.29, 0.717) is 11.3 Å². The van der Waals surface area contributed by atoms with E-state index < -0.39 is 0 Å². The molecule has 0 atom stereocenters. The zero-order valence-corrected chi connectivity index (χ0v) is 11.7. The first kappa shape index (κ1) is 13.3. The third-order valence-corrected chi connectivity index (χ3v) is 2.95. The van der Waals surface area contributed by atoms with Crippen molar-refractivity contribution in [1.29, 1.82) is 0 Å². The van der Waals surface area contributed by atoms with Crippen LogP contribution in [0, 0.1) is 13.8 Å². The number of carbonyl (C=O) groups is 1. The number of alkyl halides is 1. The quantitative estimate of drug-likeness (QED) is 0.510.